The van der Waals surface area contributed by atoms with Crippen molar-refractivity contribution in [3.8, 4) is 0 Å². The molecule has 66 valence electrons. The van der Waals surface area contributed by atoms with Crippen molar-refractivity contribution in [2.75, 3.05) is 0 Å². The van der Waals surface area contributed by atoms with E-state index in [1.54, 1.807) is 0 Å². The van der Waals surface area contributed by atoms with Gasteiger partial charge in [-0.25, -0.2) is 13.6 Å². The lowest BCUT2D eigenvalue weighted by molar-refractivity contribution is 0.0673. The van der Waals surface area contributed by atoms with Crippen molar-refractivity contribution in [3.05, 3.63) is 22.1 Å². The highest BCUT2D eigenvalue weighted by atomic mass is 79.9. The molecule has 0 saturated heterocycles. The monoisotopic (exact) mass is 240 g/mol. The minimum atomic E-state index is -2.91. The first kappa shape index (κ1) is 9.18. The van der Waals surface area contributed by atoms with Crippen LogP contribution >= 0.6 is 15.9 Å². The van der Waals surface area contributed by atoms with Gasteiger partial charge in [-0.1, -0.05) is 0 Å². The van der Waals surface area contributed by atoms with Crippen molar-refractivity contribution >= 4 is 21.9 Å². The molecule has 1 aromatic heterocycles. The van der Waals surface area contributed by atoms with Crippen molar-refractivity contribution in [3.63, 3.8) is 0 Å². The molecule has 0 aliphatic rings. The molecule has 1 aromatic rings. The summed E-state index contributed by atoms with van der Waals surface area (Å²) in [5.41, 5.74) is -0.517. The van der Waals surface area contributed by atoms with Crippen LogP contribution in [0.2, 0.25) is 0 Å². The molecule has 1 rings (SSSR count). The summed E-state index contributed by atoms with van der Waals surface area (Å²) in [6.45, 7) is 0. The summed E-state index contributed by atoms with van der Waals surface area (Å²) in [7, 11) is 0. The van der Waals surface area contributed by atoms with Gasteiger partial charge in [-0.3, -0.25) is 0 Å². The third-order valence-electron chi connectivity index (χ3n) is 1.16. The average molecular weight is 241 g/mol. The smallest absolute Gasteiger partial charge is 0.339 e. The summed E-state index contributed by atoms with van der Waals surface area (Å²) < 4.78 is 28.5. The highest BCUT2D eigenvalue weighted by molar-refractivity contribution is 9.10. The zero-order valence-electron chi connectivity index (χ0n) is 5.55. The molecule has 0 bridgehead atoms. The molecular formula is C6H3BrF2O3. The average Bonchev–Trinajstić information content (AvgIpc) is 2.31. The Kier molecular flexibility index (Phi) is 2.46. The van der Waals surface area contributed by atoms with Crippen LogP contribution in [0.15, 0.2) is 15.2 Å². The van der Waals surface area contributed by atoms with Crippen LogP contribution in [0.4, 0.5) is 8.78 Å². The molecule has 3 nitrogen and oxygen atoms in total. The Morgan fingerprint density at radius 2 is 2.25 bits per heavy atom. The molecule has 0 unspecified atom stereocenters. The fraction of sp³-hybridized carbons (Fsp3) is 0.167. The van der Waals surface area contributed by atoms with Gasteiger partial charge in [0.15, 0.2) is 10.4 Å². The van der Waals surface area contributed by atoms with Gasteiger partial charge in [0.1, 0.15) is 5.56 Å². The van der Waals surface area contributed by atoms with Gasteiger partial charge in [0.2, 0.25) is 0 Å². The molecule has 1 heterocycles. The second kappa shape index (κ2) is 3.22. The predicted octanol–water partition coefficient (Wildman–Crippen LogP) is 2.68. The van der Waals surface area contributed by atoms with Crippen LogP contribution in [-0.2, 0) is 0 Å². The molecule has 0 fully saturated rings. The number of aromatic carboxylic acids is 1. The number of halogens is 3. The molecule has 12 heavy (non-hydrogen) atoms. The van der Waals surface area contributed by atoms with Crippen LogP contribution in [0.5, 0.6) is 0 Å². The predicted molar refractivity (Wildman–Crippen MR) is 38.3 cm³/mol. The van der Waals surface area contributed by atoms with E-state index in [1.165, 1.54) is 0 Å². The van der Waals surface area contributed by atoms with Crippen LogP contribution in [0.1, 0.15) is 22.5 Å². The summed E-state index contributed by atoms with van der Waals surface area (Å²) >= 11 is 2.76. The second-order valence-electron chi connectivity index (χ2n) is 1.93. The molecule has 0 aromatic carbocycles. The van der Waals surface area contributed by atoms with Gasteiger partial charge < -0.3 is 9.52 Å². The number of hydrogen-bond acceptors (Lipinski definition) is 2. The lowest BCUT2D eigenvalue weighted by Gasteiger charge is -1.94. The number of furan rings is 1. The zero-order chi connectivity index (χ0) is 9.30. The van der Waals surface area contributed by atoms with E-state index in [9.17, 15) is 13.6 Å². The van der Waals surface area contributed by atoms with Gasteiger partial charge in [-0.15, -0.1) is 0 Å². The molecule has 1 N–H and O–H groups in total. The first-order chi connectivity index (χ1) is 5.52. The van der Waals surface area contributed by atoms with Gasteiger partial charge in [0.25, 0.3) is 6.43 Å². The first-order valence-corrected chi connectivity index (χ1v) is 3.62. The number of rotatable bonds is 2. The number of alkyl halides is 2. The van der Waals surface area contributed by atoms with Crippen LogP contribution in [-0.4, -0.2) is 11.1 Å². The Morgan fingerprint density at radius 3 is 2.58 bits per heavy atom. The number of carbonyl (C=O) groups is 1. The fourth-order valence-corrected chi connectivity index (χ4v) is 1.11. The number of carboxylic acids is 1. The highest BCUT2D eigenvalue weighted by Gasteiger charge is 2.23. The van der Waals surface area contributed by atoms with Crippen LogP contribution in [0.3, 0.4) is 0 Å². The third kappa shape index (κ3) is 1.63. The van der Waals surface area contributed by atoms with Gasteiger partial charge in [0, 0.05) is 6.07 Å². The van der Waals surface area contributed by atoms with Crippen LogP contribution < -0.4 is 0 Å². The SMILES string of the molecule is O=C(O)c1cc(Br)oc1C(F)F. The van der Waals surface area contributed by atoms with Crippen LogP contribution in [0, 0.1) is 0 Å². The summed E-state index contributed by atoms with van der Waals surface area (Å²) in [4.78, 5) is 10.3. The maximum absolute atomic E-state index is 12.0. The van der Waals surface area contributed by atoms with Gasteiger partial charge in [-0.2, -0.15) is 0 Å². The van der Waals surface area contributed by atoms with E-state index in [4.69, 9.17) is 5.11 Å². The van der Waals surface area contributed by atoms with E-state index >= 15 is 0 Å². The molecule has 0 atom stereocenters. The van der Waals surface area contributed by atoms with Gasteiger partial charge >= 0.3 is 5.97 Å². The highest BCUT2D eigenvalue weighted by Crippen LogP contribution is 2.28. The summed E-state index contributed by atoms with van der Waals surface area (Å²) in [6, 6.07) is 0.990. The van der Waals surface area contributed by atoms with E-state index in [-0.39, 0.29) is 4.67 Å². The fourth-order valence-electron chi connectivity index (χ4n) is 0.703. The third-order valence-corrected chi connectivity index (χ3v) is 1.55. The number of hydrogen-bond donors (Lipinski definition) is 1. The standard InChI is InChI=1S/C6H3BrF2O3/c7-3-1-2(6(10)11)4(12-3)5(8)9/h1,5H,(H,10,11). The van der Waals surface area contributed by atoms with Crippen molar-refractivity contribution in [2.24, 2.45) is 0 Å². The van der Waals surface area contributed by atoms with E-state index in [1.807, 2.05) is 0 Å². The Labute approximate surface area is 74.1 Å². The van der Waals surface area contributed by atoms with Crippen molar-refractivity contribution < 1.29 is 23.1 Å². The van der Waals surface area contributed by atoms with E-state index < -0.39 is 23.7 Å². The Bertz CT molecular complexity index is 308. The molecule has 0 saturated carbocycles. The molecule has 0 aliphatic heterocycles. The van der Waals surface area contributed by atoms with Crippen molar-refractivity contribution in [1.82, 2.24) is 0 Å². The van der Waals surface area contributed by atoms with Crippen LogP contribution in [0.25, 0.3) is 0 Å². The molecule has 0 amide bonds. The summed E-state index contributed by atoms with van der Waals surface area (Å²) in [5.74, 6) is -2.26. The lowest BCUT2D eigenvalue weighted by atomic mass is 10.2. The van der Waals surface area contributed by atoms with Gasteiger partial charge in [-0.05, 0) is 15.9 Å². The Hall–Kier alpha value is -0.910. The molecule has 6 heteroatoms. The minimum absolute atomic E-state index is 0.0183. The zero-order valence-corrected chi connectivity index (χ0v) is 7.14. The minimum Gasteiger partial charge on any atom is -0.478 e. The van der Waals surface area contributed by atoms with Crippen molar-refractivity contribution in [2.45, 2.75) is 6.43 Å². The van der Waals surface area contributed by atoms with E-state index in [0.717, 1.165) is 6.07 Å². The summed E-state index contributed by atoms with van der Waals surface area (Å²) in [5, 5.41) is 8.41. The maximum Gasteiger partial charge on any atom is 0.339 e. The second-order valence-corrected chi connectivity index (χ2v) is 2.72. The largest absolute Gasteiger partial charge is 0.478 e. The first-order valence-electron chi connectivity index (χ1n) is 2.83. The quantitative estimate of drug-likeness (QED) is 0.865. The van der Waals surface area contributed by atoms with Crippen molar-refractivity contribution in [1.29, 1.82) is 0 Å². The molecule has 0 radical (unpaired) electrons. The van der Waals surface area contributed by atoms with Gasteiger partial charge in [0.05, 0.1) is 0 Å². The summed E-state index contributed by atoms with van der Waals surface area (Å²) in [6.07, 6.45) is -2.91. The molecule has 0 spiro atoms. The van der Waals surface area contributed by atoms with E-state index in [2.05, 4.69) is 20.3 Å². The normalized spacial score (nSPS) is 10.7. The topological polar surface area (TPSA) is 50.4 Å². The maximum atomic E-state index is 12.0. The lowest BCUT2D eigenvalue weighted by Crippen LogP contribution is -1.98. The van der Waals surface area contributed by atoms with E-state index in [0.29, 0.717) is 0 Å². The number of carboxylic acid groups (broad SMARTS) is 1. The Balaban J connectivity index is 3.17. The Morgan fingerprint density at radius 1 is 1.67 bits per heavy atom. The molecule has 0 aliphatic carbocycles. The molecular weight excluding hydrogens is 238 g/mol.